The summed E-state index contributed by atoms with van der Waals surface area (Å²) in [6, 6.07) is 8.08. The Labute approximate surface area is 151 Å². The van der Waals surface area contributed by atoms with E-state index >= 15 is 0 Å². The fourth-order valence-electron chi connectivity index (χ4n) is 2.05. The van der Waals surface area contributed by atoms with Gasteiger partial charge in [-0.05, 0) is 29.8 Å². The molecule has 0 saturated heterocycles. The van der Waals surface area contributed by atoms with Crippen molar-refractivity contribution in [2.45, 2.75) is 19.6 Å². The zero-order valence-corrected chi connectivity index (χ0v) is 13.9. The van der Waals surface area contributed by atoms with Crippen LogP contribution in [-0.2, 0) is 16.1 Å². The number of rotatable bonds is 8. The van der Waals surface area contributed by atoms with Gasteiger partial charge in [0.2, 0.25) is 0 Å². The summed E-state index contributed by atoms with van der Waals surface area (Å²) in [5.74, 6) is -3.23. The number of ether oxygens (including phenoxy) is 2. The van der Waals surface area contributed by atoms with Crippen molar-refractivity contribution >= 4 is 11.9 Å². The maximum absolute atomic E-state index is 13.5. The van der Waals surface area contributed by atoms with Gasteiger partial charge in [0.1, 0.15) is 24.0 Å². The van der Waals surface area contributed by atoms with Crippen LogP contribution in [0.4, 0.5) is 17.6 Å². The normalized spacial score (nSPS) is 10.6. The van der Waals surface area contributed by atoms with E-state index < -0.39 is 30.1 Å². The van der Waals surface area contributed by atoms with E-state index in [4.69, 9.17) is 4.74 Å². The zero-order valence-electron chi connectivity index (χ0n) is 13.9. The smallest absolute Gasteiger partial charge is 0.387 e. The molecule has 0 aromatic heterocycles. The first-order valence-electron chi connectivity index (χ1n) is 7.78. The number of carbonyl (C=O) groups excluding carboxylic acids is 2. The molecule has 0 spiro atoms. The molecule has 0 saturated carbocycles. The Bertz CT molecular complexity index is 796. The van der Waals surface area contributed by atoms with Gasteiger partial charge in [-0.3, -0.25) is 9.59 Å². The van der Waals surface area contributed by atoms with Crippen molar-refractivity contribution in [2.75, 3.05) is 6.54 Å². The predicted molar refractivity (Wildman–Crippen MR) is 86.2 cm³/mol. The van der Waals surface area contributed by atoms with Gasteiger partial charge >= 0.3 is 12.6 Å². The van der Waals surface area contributed by atoms with E-state index in [1.165, 1.54) is 24.3 Å². The van der Waals surface area contributed by atoms with Crippen molar-refractivity contribution in [3.05, 3.63) is 65.2 Å². The van der Waals surface area contributed by atoms with Crippen molar-refractivity contribution in [1.29, 1.82) is 0 Å². The summed E-state index contributed by atoms with van der Waals surface area (Å²) in [7, 11) is 0. The topological polar surface area (TPSA) is 64.6 Å². The number of alkyl halides is 2. The van der Waals surface area contributed by atoms with E-state index in [0.29, 0.717) is 11.6 Å². The predicted octanol–water partition coefficient (Wildman–Crippen LogP) is 3.43. The van der Waals surface area contributed by atoms with Crippen LogP contribution in [0, 0.1) is 11.6 Å². The van der Waals surface area contributed by atoms with Gasteiger partial charge in [-0.2, -0.15) is 8.78 Å². The number of hydrogen-bond donors (Lipinski definition) is 1. The lowest BCUT2D eigenvalue weighted by atomic mass is 10.2. The van der Waals surface area contributed by atoms with E-state index in [1.807, 2.05) is 0 Å². The third-order valence-corrected chi connectivity index (χ3v) is 3.34. The number of esters is 1. The summed E-state index contributed by atoms with van der Waals surface area (Å²) in [4.78, 5) is 23.4. The maximum atomic E-state index is 13.5. The average Bonchev–Trinajstić information content (AvgIpc) is 2.60. The monoisotopic (exact) mass is 385 g/mol. The van der Waals surface area contributed by atoms with E-state index in [1.54, 1.807) is 0 Å². The largest absolute Gasteiger partial charge is 0.461 e. The van der Waals surface area contributed by atoms with E-state index in [9.17, 15) is 27.2 Å². The minimum Gasteiger partial charge on any atom is -0.461 e. The SMILES string of the molecule is O=C(CCNC(=O)c1ccc(F)cc1F)OCc1ccc(OC(F)F)cc1. The van der Waals surface area contributed by atoms with Gasteiger partial charge in [0.25, 0.3) is 5.91 Å². The Balaban J connectivity index is 1.72. The van der Waals surface area contributed by atoms with Crippen LogP contribution in [0.2, 0.25) is 0 Å². The molecular weight excluding hydrogens is 370 g/mol. The van der Waals surface area contributed by atoms with E-state index in [2.05, 4.69) is 10.1 Å². The summed E-state index contributed by atoms with van der Waals surface area (Å²) < 4.78 is 59.5. The summed E-state index contributed by atoms with van der Waals surface area (Å²) in [6.07, 6.45) is -0.166. The number of benzene rings is 2. The standard InChI is InChI=1S/C18H15F4NO4/c19-12-3-6-14(15(20)9-12)17(25)23-8-7-16(24)26-10-11-1-4-13(5-2-11)27-18(21)22/h1-6,9,18H,7-8,10H2,(H,23,25). The summed E-state index contributed by atoms with van der Waals surface area (Å²) >= 11 is 0. The van der Waals surface area contributed by atoms with Gasteiger partial charge in [0.05, 0.1) is 12.0 Å². The molecule has 9 heteroatoms. The van der Waals surface area contributed by atoms with E-state index in [-0.39, 0.29) is 30.9 Å². The summed E-state index contributed by atoms with van der Waals surface area (Å²) in [6.45, 7) is -3.11. The summed E-state index contributed by atoms with van der Waals surface area (Å²) in [5.41, 5.74) is 0.221. The van der Waals surface area contributed by atoms with Crippen molar-refractivity contribution in [3.8, 4) is 5.75 Å². The Kier molecular flexibility index (Phi) is 7.16. The third kappa shape index (κ3) is 6.61. The molecule has 1 N–H and O–H groups in total. The highest BCUT2D eigenvalue weighted by Crippen LogP contribution is 2.15. The Hall–Kier alpha value is -3.10. The van der Waals surface area contributed by atoms with Crippen LogP contribution in [0.15, 0.2) is 42.5 Å². The highest BCUT2D eigenvalue weighted by molar-refractivity contribution is 5.94. The van der Waals surface area contributed by atoms with Gasteiger partial charge in [-0.1, -0.05) is 12.1 Å². The molecule has 0 radical (unpaired) electrons. The first-order chi connectivity index (χ1) is 12.8. The van der Waals surface area contributed by atoms with Crippen LogP contribution in [0.1, 0.15) is 22.3 Å². The van der Waals surface area contributed by atoms with Crippen molar-refractivity contribution in [2.24, 2.45) is 0 Å². The van der Waals surface area contributed by atoms with E-state index in [0.717, 1.165) is 12.1 Å². The molecule has 0 aliphatic rings. The molecule has 1 amide bonds. The Morgan fingerprint density at radius 1 is 1.04 bits per heavy atom. The van der Waals surface area contributed by atoms with Crippen molar-refractivity contribution < 1.29 is 36.6 Å². The van der Waals surface area contributed by atoms with Gasteiger partial charge < -0.3 is 14.8 Å². The molecule has 0 atom stereocenters. The third-order valence-electron chi connectivity index (χ3n) is 3.34. The molecule has 2 aromatic rings. The van der Waals surface area contributed by atoms with Crippen LogP contribution in [0.25, 0.3) is 0 Å². The molecule has 144 valence electrons. The second kappa shape index (κ2) is 9.56. The maximum Gasteiger partial charge on any atom is 0.387 e. The molecule has 2 aromatic carbocycles. The number of nitrogens with one attached hydrogen (secondary N) is 1. The van der Waals surface area contributed by atoms with Crippen LogP contribution in [0.3, 0.4) is 0 Å². The highest BCUT2D eigenvalue weighted by Gasteiger charge is 2.13. The molecule has 5 nitrogen and oxygen atoms in total. The van der Waals surface area contributed by atoms with Crippen LogP contribution in [0.5, 0.6) is 5.75 Å². The second-order valence-corrected chi connectivity index (χ2v) is 5.31. The molecule has 0 bridgehead atoms. The highest BCUT2D eigenvalue weighted by atomic mass is 19.3. The van der Waals surface area contributed by atoms with Crippen molar-refractivity contribution in [1.82, 2.24) is 5.32 Å². The molecule has 27 heavy (non-hydrogen) atoms. The second-order valence-electron chi connectivity index (χ2n) is 5.31. The first kappa shape index (κ1) is 20.2. The molecule has 0 fully saturated rings. The fraction of sp³-hybridized carbons (Fsp3) is 0.222. The van der Waals surface area contributed by atoms with Gasteiger partial charge in [0.15, 0.2) is 0 Å². The average molecular weight is 385 g/mol. The Morgan fingerprint density at radius 3 is 2.37 bits per heavy atom. The number of carbonyl (C=O) groups is 2. The quantitative estimate of drug-likeness (QED) is 0.559. The minimum atomic E-state index is -2.92. The lowest BCUT2D eigenvalue weighted by Crippen LogP contribution is -2.27. The number of halogens is 4. The van der Waals surface area contributed by atoms with Crippen LogP contribution >= 0.6 is 0 Å². The lowest BCUT2D eigenvalue weighted by Gasteiger charge is -2.08. The molecular formula is C18H15F4NO4. The van der Waals surface area contributed by atoms with Gasteiger partial charge in [-0.25, -0.2) is 8.78 Å². The first-order valence-corrected chi connectivity index (χ1v) is 7.78. The van der Waals surface area contributed by atoms with Crippen LogP contribution < -0.4 is 10.1 Å². The number of amides is 1. The molecule has 0 aliphatic heterocycles. The van der Waals surface area contributed by atoms with Crippen LogP contribution in [-0.4, -0.2) is 25.0 Å². The molecule has 0 heterocycles. The number of hydrogen-bond acceptors (Lipinski definition) is 4. The zero-order chi connectivity index (χ0) is 19.8. The minimum absolute atomic E-state index is 0.0178. The van der Waals surface area contributed by atoms with Gasteiger partial charge in [-0.15, -0.1) is 0 Å². The molecule has 2 rings (SSSR count). The molecule has 0 unspecified atom stereocenters. The molecule has 0 aliphatic carbocycles. The van der Waals surface area contributed by atoms with Crippen molar-refractivity contribution in [3.63, 3.8) is 0 Å². The lowest BCUT2D eigenvalue weighted by molar-refractivity contribution is -0.144. The Morgan fingerprint density at radius 2 is 1.74 bits per heavy atom. The summed E-state index contributed by atoms with van der Waals surface area (Å²) in [5, 5.41) is 2.32. The van der Waals surface area contributed by atoms with Gasteiger partial charge in [0, 0.05) is 12.6 Å². The fourth-order valence-corrected chi connectivity index (χ4v) is 2.05.